The summed E-state index contributed by atoms with van der Waals surface area (Å²) >= 11 is 0. The summed E-state index contributed by atoms with van der Waals surface area (Å²) in [6.45, 7) is -1.47. The zero-order valence-electron chi connectivity index (χ0n) is 15.5. The van der Waals surface area contributed by atoms with Crippen LogP contribution in [0.15, 0.2) is 72.8 Å². The van der Waals surface area contributed by atoms with Crippen molar-refractivity contribution in [3.63, 3.8) is 0 Å². The molecule has 3 rings (SSSR count). The van der Waals surface area contributed by atoms with E-state index in [1.807, 2.05) is 0 Å². The molecule has 0 bridgehead atoms. The molecule has 30 heavy (non-hydrogen) atoms. The third-order valence-corrected chi connectivity index (χ3v) is 4.34. The second-order valence-electron chi connectivity index (χ2n) is 6.54. The summed E-state index contributed by atoms with van der Waals surface area (Å²) < 4.78 is 78.0. The number of aliphatic hydroxyl groups is 1. The van der Waals surface area contributed by atoms with Gasteiger partial charge in [-0.1, -0.05) is 36.4 Å². The molecule has 1 N–H and O–H groups in total. The Morgan fingerprint density at radius 2 is 1.50 bits per heavy atom. The molecule has 0 saturated carbocycles. The topological polar surface area (TPSA) is 38.7 Å². The number of ether oxygens (including phenoxy) is 2. The highest BCUT2D eigenvalue weighted by Gasteiger charge is 2.55. The van der Waals surface area contributed by atoms with Crippen LogP contribution in [0.5, 0.6) is 11.5 Å². The predicted octanol–water partition coefficient (Wildman–Crippen LogP) is 5.72. The van der Waals surface area contributed by atoms with Crippen molar-refractivity contribution in [2.75, 3.05) is 6.61 Å². The van der Waals surface area contributed by atoms with Crippen molar-refractivity contribution in [1.82, 2.24) is 0 Å². The van der Waals surface area contributed by atoms with Gasteiger partial charge in [0.1, 0.15) is 11.6 Å². The highest BCUT2D eigenvalue weighted by atomic mass is 19.4. The summed E-state index contributed by atoms with van der Waals surface area (Å²) in [5.74, 6) is -1.12. The minimum absolute atomic E-state index is 0.119. The first-order valence-electron chi connectivity index (χ1n) is 8.83. The Hall–Kier alpha value is -2.97. The molecule has 0 heterocycles. The van der Waals surface area contributed by atoms with Crippen LogP contribution >= 0.6 is 0 Å². The van der Waals surface area contributed by atoms with Crippen molar-refractivity contribution >= 4 is 0 Å². The van der Waals surface area contributed by atoms with Crippen LogP contribution < -0.4 is 4.74 Å². The van der Waals surface area contributed by atoms with E-state index in [2.05, 4.69) is 0 Å². The maximum absolute atomic E-state index is 14.0. The largest absolute Gasteiger partial charge is 0.454 e. The molecule has 3 nitrogen and oxygen atoms in total. The Morgan fingerprint density at radius 1 is 0.833 bits per heavy atom. The van der Waals surface area contributed by atoms with Crippen molar-refractivity contribution in [2.45, 2.75) is 18.4 Å². The van der Waals surface area contributed by atoms with Gasteiger partial charge >= 0.3 is 6.18 Å². The molecule has 0 amide bonds. The normalized spacial score (nSPS) is 13.7. The molecule has 0 aliphatic rings. The highest BCUT2D eigenvalue weighted by Crippen LogP contribution is 2.39. The molecule has 0 radical (unpaired) electrons. The number of alkyl halides is 3. The van der Waals surface area contributed by atoms with E-state index in [4.69, 9.17) is 9.47 Å². The van der Waals surface area contributed by atoms with Crippen LogP contribution in [0.3, 0.4) is 0 Å². The Morgan fingerprint density at radius 3 is 2.13 bits per heavy atom. The van der Waals surface area contributed by atoms with Gasteiger partial charge in [-0.15, -0.1) is 0 Å². The zero-order chi connectivity index (χ0) is 21.8. The Balaban J connectivity index is 1.72. The third kappa shape index (κ3) is 4.95. The molecule has 0 aliphatic heterocycles. The summed E-state index contributed by atoms with van der Waals surface area (Å²) in [5.41, 5.74) is -3.54. The quantitative estimate of drug-likeness (QED) is 0.493. The fraction of sp³-hybridized carbons (Fsp3) is 0.182. The fourth-order valence-electron chi connectivity index (χ4n) is 2.70. The van der Waals surface area contributed by atoms with Gasteiger partial charge in [-0.2, -0.15) is 13.2 Å². The van der Waals surface area contributed by atoms with Crippen LogP contribution in [0.1, 0.15) is 11.1 Å². The van der Waals surface area contributed by atoms with Crippen LogP contribution in [0.4, 0.5) is 22.0 Å². The first-order chi connectivity index (χ1) is 14.2. The lowest BCUT2D eigenvalue weighted by atomic mass is 9.94. The lowest BCUT2D eigenvalue weighted by Crippen LogP contribution is -2.46. The van der Waals surface area contributed by atoms with E-state index < -0.39 is 35.6 Å². The second kappa shape index (κ2) is 8.81. The monoisotopic (exact) mass is 424 g/mol. The molecule has 0 saturated heterocycles. The molecule has 1 atom stereocenters. The number of para-hydroxylation sites is 1. The van der Waals surface area contributed by atoms with Gasteiger partial charge in [0, 0.05) is 0 Å². The van der Waals surface area contributed by atoms with Gasteiger partial charge in [0.05, 0.1) is 13.2 Å². The maximum Gasteiger partial charge on any atom is 0.423 e. The van der Waals surface area contributed by atoms with E-state index in [0.717, 1.165) is 30.3 Å². The van der Waals surface area contributed by atoms with E-state index >= 15 is 0 Å². The standard InChI is InChI=1S/C22H17F5O3/c23-17-9-7-16(8-10-17)21(28,22(25,26)27)14-29-13-15-6-11-19(24)20(12-15)30-18-4-2-1-3-5-18/h1-12,28H,13-14H2. The van der Waals surface area contributed by atoms with Gasteiger partial charge in [0.15, 0.2) is 11.6 Å². The maximum atomic E-state index is 14.0. The van der Waals surface area contributed by atoms with E-state index in [9.17, 15) is 27.1 Å². The fourth-order valence-corrected chi connectivity index (χ4v) is 2.70. The molecular formula is C22H17F5O3. The van der Waals surface area contributed by atoms with Gasteiger partial charge in [-0.25, -0.2) is 8.78 Å². The van der Waals surface area contributed by atoms with Crippen LogP contribution in [0, 0.1) is 11.6 Å². The molecule has 158 valence electrons. The van der Waals surface area contributed by atoms with Gasteiger partial charge in [0.2, 0.25) is 5.60 Å². The van der Waals surface area contributed by atoms with Crippen LogP contribution in [-0.4, -0.2) is 17.9 Å². The van der Waals surface area contributed by atoms with E-state index in [0.29, 0.717) is 11.3 Å². The number of hydrogen-bond donors (Lipinski definition) is 1. The first kappa shape index (κ1) is 21.7. The molecular weight excluding hydrogens is 407 g/mol. The third-order valence-electron chi connectivity index (χ3n) is 4.34. The van der Waals surface area contributed by atoms with Crippen LogP contribution in [-0.2, 0) is 16.9 Å². The molecule has 1 unspecified atom stereocenters. The highest BCUT2D eigenvalue weighted by molar-refractivity contribution is 5.35. The molecule has 0 fully saturated rings. The van der Waals surface area contributed by atoms with Crippen molar-refractivity contribution in [1.29, 1.82) is 0 Å². The Kier molecular flexibility index (Phi) is 6.38. The van der Waals surface area contributed by atoms with Crippen molar-refractivity contribution in [2.24, 2.45) is 0 Å². The van der Waals surface area contributed by atoms with Crippen molar-refractivity contribution in [3.05, 3.63) is 95.6 Å². The second-order valence-corrected chi connectivity index (χ2v) is 6.54. The lowest BCUT2D eigenvalue weighted by molar-refractivity contribution is -0.283. The number of rotatable bonds is 7. The van der Waals surface area contributed by atoms with E-state index in [1.54, 1.807) is 30.3 Å². The molecule has 3 aromatic carbocycles. The molecule has 0 aliphatic carbocycles. The van der Waals surface area contributed by atoms with Gasteiger partial charge in [0.25, 0.3) is 0 Å². The SMILES string of the molecule is OC(COCc1ccc(F)c(Oc2ccccc2)c1)(c1ccc(F)cc1)C(F)(F)F. The molecule has 8 heteroatoms. The Labute approximate surface area is 169 Å². The molecule has 3 aromatic rings. The van der Waals surface area contributed by atoms with Gasteiger partial charge < -0.3 is 14.6 Å². The number of benzene rings is 3. The number of hydrogen-bond acceptors (Lipinski definition) is 3. The zero-order valence-corrected chi connectivity index (χ0v) is 15.5. The lowest BCUT2D eigenvalue weighted by Gasteiger charge is -2.30. The van der Waals surface area contributed by atoms with Crippen molar-refractivity contribution < 1.29 is 36.5 Å². The van der Waals surface area contributed by atoms with Crippen LogP contribution in [0.25, 0.3) is 0 Å². The van der Waals surface area contributed by atoms with Crippen molar-refractivity contribution in [3.8, 4) is 11.5 Å². The summed E-state index contributed by atoms with van der Waals surface area (Å²) in [6.07, 6.45) is -5.06. The molecule has 0 aromatic heterocycles. The minimum Gasteiger partial charge on any atom is -0.454 e. The van der Waals surface area contributed by atoms with Gasteiger partial charge in [-0.3, -0.25) is 0 Å². The molecule has 0 spiro atoms. The average molecular weight is 424 g/mol. The number of halogens is 5. The van der Waals surface area contributed by atoms with E-state index in [-0.39, 0.29) is 12.4 Å². The van der Waals surface area contributed by atoms with Crippen LogP contribution in [0.2, 0.25) is 0 Å². The minimum atomic E-state index is -5.06. The summed E-state index contributed by atoms with van der Waals surface area (Å²) in [6, 6.07) is 15.5. The predicted molar refractivity (Wildman–Crippen MR) is 98.9 cm³/mol. The summed E-state index contributed by atoms with van der Waals surface area (Å²) in [5, 5.41) is 10.2. The summed E-state index contributed by atoms with van der Waals surface area (Å²) in [4.78, 5) is 0. The van der Waals surface area contributed by atoms with Gasteiger partial charge in [-0.05, 0) is 47.5 Å². The average Bonchev–Trinajstić information content (AvgIpc) is 2.70. The Bertz CT molecular complexity index is 974. The summed E-state index contributed by atoms with van der Waals surface area (Å²) in [7, 11) is 0. The smallest absolute Gasteiger partial charge is 0.423 e. The first-order valence-corrected chi connectivity index (χ1v) is 8.83. The van der Waals surface area contributed by atoms with E-state index in [1.165, 1.54) is 12.1 Å².